The van der Waals surface area contributed by atoms with E-state index in [1.54, 1.807) is 37.7 Å². The number of amides is 2. The van der Waals surface area contributed by atoms with Crippen molar-refractivity contribution < 1.29 is 14.3 Å². The van der Waals surface area contributed by atoms with E-state index in [1.807, 2.05) is 39.0 Å². The number of hydrogen-bond acceptors (Lipinski definition) is 12. The maximum Gasteiger partial charge on any atom is 0.320 e. The van der Waals surface area contributed by atoms with E-state index in [1.165, 1.54) is 11.4 Å². The van der Waals surface area contributed by atoms with E-state index in [9.17, 15) is 4.79 Å². The molecule has 280 valence electrons. The molecule has 1 aromatic carbocycles. The number of anilines is 2. The van der Waals surface area contributed by atoms with Crippen LogP contribution in [-0.2, 0) is 6.54 Å². The molecular formula is C37H54N12O3. The van der Waals surface area contributed by atoms with Crippen molar-refractivity contribution in [2.24, 2.45) is 11.6 Å². The zero-order valence-corrected chi connectivity index (χ0v) is 31.5. The number of carbonyl (C=O) groups excluding carboxylic acids is 1. The van der Waals surface area contributed by atoms with E-state index in [4.69, 9.17) is 26.0 Å². The van der Waals surface area contributed by atoms with E-state index in [0.717, 1.165) is 51.4 Å². The Morgan fingerprint density at radius 3 is 2.19 bits per heavy atom. The smallest absolute Gasteiger partial charge is 0.320 e. The Morgan fingerprint density at radius 2 is 1.58 bits per heavy atom. The SMILES string of the molecule is COc1cc(OC)cc(-c2cc3cnc(NC/C(N)=C/N(N)CCN4CCN(CCn5c(C)ccc5C)CC4)nc3nc2NC(=O)NC(C)(C)C)c1. The van der Waals surface area contributed by atoms with Gasteiger partial charge in [-0.05, 0) is 70.5 Å². The number of hydrazine groups is 1. The summed E-state index contributed by atoms with van der Waals surface area (Å²) < 4.78 is 13.4. The van der Waals surface area contributed by atoms with Crippen LogP contribution in [0.25, 0.3) is 22.2 Å². The average Bonchev–Trinajstić information content (AvgIpc) is 3.43. The van der Waals surface area contributed by atoms with Gasteiger partial charge in [0.1, 0.15) is 17.3 Å². The largest absolute Gasteiger partial charge is 0.497 e. The quantitative estimate of drug-likeness (QED) is 0.0946. The van der Waals surface area contributed by atoms with E-state index >= 15 is 0 Å². The molecule has 0 bridgehead atoms. The van der Waals surface area contributed by atoms with Gasteiger partial charge in [-0.15, -0.1) is 0 Å². The predicted octanol–water partition coefficient (Wildman–Crippen LogP) is 3.75. The second-order valence-electron chi connectivity index (χ2n) is 14.2. The maximum absolute atomic E-state index is 13.0. The van der Waals surface area contributed by atoms with Gasteiger partial charge < -0.3 is 35.4 Å². The molecule has 5 rings (SSSR count). The lowest BCUT2D eigenvalue weighted by molar-refractivity contribution is 0.122. The number of urea groups is 1. The fraction of sp³-hybridized carbons (Fsp3) is 0.459. The number of nitrogens with one attached hydrogen (secondary N) is 3. The van der Waals surface area contributed by atoms with Crippen LogP contribution in [0.3, 0.4) is 0 Å². The highest BCUT2D eigenvalue weighted by molar-refractivity contribution is 5.96. The van der Waals surface area contributed by atoms with Crippen LogP contribution in [0.4, 0.5) is 16.6 Å². The van der Waals surface area contributed by atoms with Gasteiger partial charge >= 0.3 is 6.03 Å². The van der Waals surface area contributed by atoms with Crippen LogP contribution in [0.15, 0.2) is 54.5 Å². The molecule has 0 unspecified atom stereocenters. The zero-order valence-electron chi connectivity index (χ0n) is 31.5. The van der Waals surface area contributed by atoms with Crippen molar-refractivity contribution in [3.05, 3.63) is 65.9 Å². The molecule has 1 aliphatic heterocycles. The molecule has 3 aromatic heterocycles. The summed E-state index contributed by atoms with van der Waals surface area (Å²) in [5, 5.41) is 11.3. The number of rotatable bonds is 14. The van der Waals surface area contributed by atoms with Crippen LogP contribution < -0.4 is 37.0 Å². The number of benzene rings is 1. The molecule has 0 radical (unpaired) electrons. The van der Waals surface area contributed by atoms with Crippen molar-refractivity contribution in [1.82, 2.24) is 39.6 Å². The van der Waals surface area contributed by atoms with E-state index in [0.29, 0.717) is 52.1 Å². The van der Waals surface area contributed by atoms with Crippen molar-refractivity contribution in [3.8, 4) is 22.6 Å². The van der Waals surface area contributed by atoms with Gasteiger partial charge in [0.2, 0.25) is 5.95 Å². The third-order valence-electron chi connectivity index (χ3n) is 8.93. The molecular weight excluding hydrogens is 660 g/mol. The Morgan fingerprint density at radius 1 is 0.942 bits per heavy atom. The molecule has 0 atom stereocenters. The van der Waals surface area contributed by atoms with Gasteiger partial charge in [0.05, 0.1) is 20.8 Å². The first kappa shape index (κ1) is 38.1. The minimum atomic E-state index is -0.455. The number of methoxy groups -OCH3 is 2. The summed E-state index contributed by atoms with van der Waals surface area (Å²) in [6.07, 6.45) is 3.41. The van der Waals surface area contributed by atoms with Gasteiger partial charge in [0.15, 0.2) is 5.65 Å². The molecule has 52 heavy (non-hydrogen) atoms. The lowest BCUT2D eigenvalue weighted by Gasteiger charge is -2.35. The van der Waals surface area contributed by atoms with Crippen LogP contribution in [0.5, 0.6) is 11.5 Å². The van der Waals surface area contributed by atoms with Gasteiger partial charge in [-0.25, -0.2) is 20.6 Å². The van der Waals surface area contributed by atoms with E-state index in [-0.39, 0.29) is 6.54 Å². The minimum absolute atomic E-state index is 0.277. The average molecular weight is 715 g/mol. The van der Waals surface area contributed by atoms with Crippen LogP contribution in [0.2, 0.25) is 0 Å². The number of ether oxygens (including phenoxy) is 2. The number of hydrogen-bond donors (Lipinski definition) is 5. The van der Waals surface area contributed by atoms with Crippen molar-refractivity contribution in [1.29, 1.82) is 0 Å². The molecule has 1 fully saturated rings. The normalized spacial score (nSPS) is 14.3. The molecule has 0 spiro atoms. The number of aromatic nitrogens is 4. The van der Waals surface area contributed by atoms with Crippen molar-refractivity contribution in [2.75, 3.05) is 77.2 Å². The molecule has 15 nitrogen and oxygen atoms in total. The number of nitrogens with two attached hydrogens (primary N) is 2. The molecule has 4 heterocycles. The van der Waals surface area contributed by atoms with Crippen molar-refractivity contribution in [2.45, 2.75) is 46.7 Å². The summed E-state index contributed by atoms with van der Waals surface area (Å²) in [5.41, 5.74) is 10.8. The lowest BCUT2D eigenvalue weighted by atomic mass is 10.0. The van der Waals surface area contributed by atoms with Gasteiger partial charge in [0, 0.05) is 104 Å². The second kappa shape index (κ2) is 16.9. The third kappa shape index (κ3) is 10.5. The van der Waals surface area contributed by atoms with Crippen molar-refractivity contribution >= 4 is 28.8 Å². The molecule has 1 saturated heterocycles. The van der Waals surface area contributed by atoms with E-state index in [2.05, 4.69) is 66.3 Å². The summed E-state index contributed by atoms with van der Waals surface area (Å²) in [4.78, 5) is 31.8. The molecule has 0 aliphatic carbocycles. The highest BCUT2D eigenvalue weighted by atomic mass is 16.5. The Bertz CT molecular complexity index is 1820. The molecule has 4 aromatic rings. The molecule has 1 aliphatic rings. The maximum atomic E-state index is 13.0. The summed E-state index contributed by atoms with van der Waals surface area (Å²) in [5.74, 6) is 8.14. The first-order chi connectivity index (χ1) is 24.8. The summed E-state index contributed by atoms with van der Waals surface area (Å²) in [6, 6.07) is 11.3. The number of aryl methyl sites for hydroxylation is 2. The number of piperazine rings is 1. The van der Waals surface area contributed by atoms with Crippen molar-refractivity contribution in [3.63, 3.8) is 0 Å². The highest BCUT2D eigenvalue weighted by Gasteiger charge is 2.20. The van der Waals surface area contributed by atoms with Gasteiger partial charge in [-0.2, -0.15) is 4.98 Å². The monoisotopic (exact) mass is 714 g/mol. The zero-order chi connectivity index (χ0) is 37.4. The Balaban J connectivity index is 1.18. The summed E-state index contributed by atoms with van der Waals surface area (Å²) in [6.45, 7) is 18.0. The molecule has 0 saturated carbocycles. The van der Waals surface area contributed by atoms with Crippen LogP contribution in [-0.4, -0.2) is 112 Å². The number of fused-ring (bicyclic) bond motifs is 1. The highest BCUT2D eigenvalue weighted by Crippen LogP contribution is 2.35. The number of nitrogens with zero attached hydrogens (tertiary/aromatic N) is 7. The van der Waals surface area contributed by atoms with Crippen LogP contribution in [0.1, 0.15) is 32.2 Å². The molecule has 2 amide bonds. The fourth-order valence-corrected chi connectivity index (χ4v) is 6.10. The Kier molecular flexibility index (Phi) is 12.4. The second-order valence-corrected chi connectivity index (χ2v) is 14.2. The Hall–Kier alpha value is -5.12. The first-order valence-electron chi connectivity index (χ1n) is 17.6. The standard InChI is InChI=1S/C37H54N12O3/c1-25-8-9-26(2)49(25)17-15-47-12-10-46(11-13-47)14-16-48(39)24-29(38)23-41-35-40-22-28-20-32(27-18-30(51-6)21-31(19-27)52-7)34(42-33(28)43-35)44-36(50)45-37(3,4)5/h8-9,18-22,24H,10-17,23,38-39H2,1-7H3,(H3,40,41,42,43,44,45,50)/b29-24-. The lowest BCUT2D eigenvalue weighted by Crippen LogP contribution is -2.49. The van der Waals surface area contributed by atoms with Gasteiger partial charge in [-0.3, -0.25) is 15.1 Å². The summed E-state index contributed by atoms with van der Waals surface area (Å²) >= 11 is 0. The van der Waals surface area contributed by atoms with Crippen LogP contribution in [0, 0.1) is 13.8 Å². The topological polar surface area (TPSA) is 177 Å². The number of pyridine rings is 1. The summed E-state index contributed by atoms with van der Waals surface area (Å²) in [7, 11) is 3.17. The van der Waals surface area contributed by atoms with Crippen LogP contribution >= 0.6 is 0 Å². The first-order valence-corrected chi connectivity index (χ1v) is 17.6. The molecule has 15 heteroatoms. The Labute approximate surface area is 306 Å². The number of carbonyl (C=O) groups is 1. The molecule has 7 N–H and O–H groups in total. The van der Waals surface area contributed by atoms with E-state index < -0.39 is 11.6 Å². The van der Waals surface area contributed by atoms with Gasteiger partial charge in [-0.1, -0.05) is 0 Å². The van der Waals surface area contributed by atoms with Gasteiger partial charge in [0.25, 0.3) is 0 Å². The fourth-order valence-electron chi connectivity index (χ4n) is 6.10. The minimum Gasteiger partial charge on any atom is -0.497 e. The predicted molar refractivity (Wildman–Crippen MR) is 206 cm³/mol. The third-order valence-corrected chi connectivity index (χ3v) is 8.93.